The lowest BCUT2D eigenvalue weighted by Crippen LogP contribution is -2.23. The molecule has 0 saturated heterocycles. The van der Waals surface area contributed by atoms with Crippen LogP contribution in [0.5, 0.6) is 5.75 Å². The first-order valence-electron chi connectivity index (χ1n) is 8.40. The Labute approximate surface area is 143 Å². The minimum atomic E-state index is -0.0985. The van der Waals surface area contributed by atoms with E-state index in [9.17, 15) is 4.79 Å². The van der Waals surface area contributed by atoms with Crippen molar-refractivity contribution in [1.29, 1.82) is 0 Å². The van der Waals surface area contributed by atoms with Crippen molar-refractivity contribution in [3.05, 3.63) is 65.2 Å². The number of nitrogens with one attached hydrogen (secondary N) is 1. The lowest BCUT2D eigenvalue weighted by Gasteiger charge is -2.13. The number of carbonyl (C=O) groups excluding carboxylic acids is 1. The van der Waals surface area contributed by atoms with E-state index in [1.54, 1.807) is 6.07 Å². The summed E-state index contributed by atoms with van der Waals surface area (Å²) in [5, 5.41) is 2.94. The van der Waals surface area contributed by atoms with Crippen molar-refractivity contribution in [2.75, 3.05) is 13.2 Å². The molecule has 2 aromatic carbocycles. The molecule has 0 aliphatic rings. The molecule has 0 bridgehead atoms. The van der Waals surface area contributed by atoms with E-state index in [0.717, 1.165) is 23.3 Å². The van der Waals surface area contributed by atoms with Crippen LogP contribution in [0.2, 0.25) is 0 Å². The van der Waals surface area contributed by atoms with Crippen molar-refractivity contribution < 1.29 is 14.3 Å². The fraction of sp³-hybridized carbons (Fsp3) is 0.350. The largest absolute Gasteiger partial charge is 0.494 e. The predicted octanol–water partition coefficient (Wildman–Crippen LogP) is 3.94. The summed E-state index contributed by atoms with van der Waals surface area (Å²) in [4.78, 5) is 12.4. The molecule has 0 spiro atoms. The zero-order valence-corrected chi connectivity index (χ0v) is 14.4. The predicted molar refractivity (Wildman–Crippen MR) is 95.2 cm³/mol. The van der Waals surface area contributed by atoms with Crippen LogP contribution in [0, 0.1) is 0 Å². The molecule has 0 unspecified atom stereocenters. The van der Waals surface area contributed by atoms with Gasteiger partial charge in [0, 0.05) is 24.3 Å². The monoisotopic (exact) mass is 327 g/mol. The van der Waals surface area contributed by atoms with Gasteiger partial charge in [-0.2, -0.15) is 0 Å². The van der Waals surface area contributed by atoms with Crippen LogP contribution < -0.4 is 10.1 Å². The first-order valence-corrected chi connectivity index (χ1v) is 8.40. The fourth-order valence-corrected chi connectivity index (χ4v) is 2.34. The average Bonchev–Trinajstić information content (AvgIpc) is 2.62. The van der Waals surface area contributed by atoms with Gasteiger partial charge in [-0.15, -0.1) is 0 Å². The van der Waals surface area contributed by atoms with Crippen LogP contribution in [0.15, 0.2) is 48.5 Å². The van der Waals surface area contributed by atoms with Crippen molar-refractivity contribution in [2.24, 2.45) is 0 Å². The van der Waals surface area contributed by atoms with E-state index in [4.69, 9.17) is 9.47 Å². The van der Waals surface area contributed by atoms with Gasteiger partial charge in [-0.25, -0.2) is 0 Å². The van der Waals surface area contributed by atoms with Crippen LogP contribution in [0.25, 0.3) is 0 Å². The Morgan fingerprint density at radius 3 is 2.58 bits per heavy atom. The third-order valence-corrected chi connectivity index (χ3v) is 3.52. The van der Waals surface area contributed by atoms with E-state index in [1.807, 2.05) is 49.4 Å². The summed E-state index contributed by atoms with van der Waals surface area (Å²) in [6.45, 7) is 6.24. The molecular weight excluding hydrogens is 302 g/mol. The third-order valence-electron chi connectivity index (χ3n) is 3.52. The Morgan fingerprint density at radius 2 is 1.88 bits per heavy atom. The summed E-state index contributed by atoms with van der Waals surface area (Å²) in [5.74, 6) is 0.673. The van der Waals surface area contributed by atoms with E-state index in [-0.39, 0.29) is 5.91 Å². The highest BCUT2D eigenvalue weighted by molar-refractivity contribution is 5.94. The summed E-state index contributed by atoms with van der Waals surface area (Å²) in [6.07, 6.45) is 0.960. The topological polar surface area (TPSA) is 47.6 Å². The molecule has 4 nitrogen and oxygen atoms in total. The smallest absolute Gasteiger partial charge is 0.251 e. The molecule has 1 N–H and O–H groups in total. The second-order valence-corrected chi connectivity index (χ2v) is 5.48. The van der Waals surface area contributed by atoms with Gasteiger partial charge in [-0.3, -0.25) is 4.79 Å². The standard InChI is InChI=1S/C20H25NO3/c1-3-12-23-15-18-13-17(10-11-19(18)24-4-2)20(22)21-14-16-8-6-5-7-9-16/h5-11,13H,3-4,12,14-15H2,1-2H3,(H,21,22). The third kappa shape index (κ3) is 5.39. The summed E-state index contributed by atoms with van der Waals surface area (Å²) in [5.41, 5.74) is 2.59. The molecule has 0 radical (unpaired) electrons. The SMILES string of the molecule is CCCOCc1cc(C(=O)NCc2ccccc2)ccc1OCC. The van der Waals surface area contributed by atoms with Gasteiger partial charge in [-0.1, -0.05) is 37.3 Å². The quantitative estimate of drug-likeness (QED) is 0.710. The molecule has 24 heavy (non-hydrogen) atoms. The normalized spacial score (nSPS) is 10.4. The zero-order valence-electron chi connectivity index (χ0n) is 14.4. The molecule has 0 fully saturated rings. The highest BCUT2D eigenvalue weighted by Gasteiger charge is 2.11. The first kappa shape index (κ1) is 18.0. The van der Waals surface area contributed by atoms with Crippen molar-refractivity contribution in [2.45, 2.75) is 33.4 Å². The second kappa shape index (κ2) is 9.73. The number of rotatable bonds is 9. The van der Waals surface area contributed by atoms with Crippen molar-refractivity contribution in [3.63, 3.8) is 0 Å². The van der Waals surface area contributed by atoms with E-state index < -0.39 is 0 Å². The summed E-state index contributed by atoms with van der Waals surface area (Å²) < 4.78 is 11.2. The summed E-state index contributed by atoms with van der Waals surface area (Å²) >= 11 is 0. The number of amides is 1. The Balaban J connectivity index is 2.05. The lowest BCUT2D eigenvalue weighted by atomic mass is 10.1. The van der Waals surface area contributed by atoms with Crippen LogP contribution in [-0.4, -0.2) is 19.1 Å². The second-order valence-electron chi connectivity index (χ2n) is 5.48. The van der Waals surface area contributed by atoms with E-state index in [2.05, 4.69) is 12.2 Å². The van der Waals surface area contributed by atoms with Gasteiger partial charge >= 0.3 is 0 Å². The van der Waals surface area contributed by atoms with E-state index in [0.29, 0.717) is 31.9 Å². The number of hydrogen-bond acceptors (Lipinski definition) is 3. The van der Waals surface area contributed by atoms with Crippen LogP contribution in [-0.2, 0) is 17.9 Å². The van der Waals surface area contributed by atoms with Crippen molar-refractivity contribution >= 4 is 5.91 Å². The molecule has 1 amide bonds. The first-order chi connectivity index (χ1) is 11.7. The van der Waals surface area contributed by atoms with Gasteiger partial charge in [0.05, 0.1) is 13.2 Å². The highest BCUT2D eigenvalue weighted by atomic mass is 16.5. The van der Waals surface area contributed by atoms with Crippen LogP contribution in [0.3, 0.4) is 0 Å². The molecular formula is C20H25NO3. The average molecular weight is 327 g/mol. The molecule has 0 heterocycles. The molecule has 0 aromatic heterocycles. The fourth-order valence-electron chi connectivity index (χ4n) is 2.34. The van der Waals surface area contributed by atoms with E-state index >= 15 is 0 Å². The van der Waals surface area contributed by atoms with Gasteiger partial charge in [0.1, 0.15) is 5.75 Å². The molecule has 0 saturated carbocycles. The molecule has 0 atom stereocenters. The minimum absolute atomic E-state index is 0.0985. The minimum Gasteiger partial charge on any atom is -0.494 e. The van der Waals surface area contributed by atoms with Crippen molar-refractivity contribution in [1.82, 2.24) is 5.32 Å². The number of hydrogen-bond donors (Lipinski definition) is 1. The zero-order chi connectivity index (χ0) is 17.2. The van der Waals surface area contributed by atoms with Gasteiger partial charge in [0.25, 0.3) is 5.91 Å². The molecule has 0 aliphatic carbocycles. The summed E-state index contributed by atoms with van der Waals surface area (Å²) in [7, 11) is 0. The Morgan fingerprint density at radius 1 is 1.08 bits per heavy atom. The molecule has 0 aliphatic heterocycles. The molecule has 128 valence electrons. The Bertz CT molecular complexity index is 641. The maximum absolute atomic E-state index is 12.4. The Kier molecular flexibility index (Phi) is 7.30. The maximum Gasteiger partial charge on any atom is 0.251 e. The summed E-state index contributed by atoms with van der Waals surface area (Å²) in [6, 6.07) is 15.3. The number of benzene rings is 2. The van der Waals surface area contributed by atoms with Gasteiger partial charge in [-0.05, 0) is 37.1 Å². The van der Waals surface area contributed by atoms with Crippen molar-refractivity contribution in [3.8, 4) is 5.75 Å². The number of carbonyl (C=O) groups is 1. The Hall–Kier alpha value is -2.33. The lowest BCUT2D eigenvalue weighted by molar-refractivity contribution is 0.0950. The van der Waals surface area contributed by atoms with Crippen LogP contribution >= 0.6 is 0 Å². The van der Waals surface area contributed by atoms with Gasteiger partial charge in [0.2, 0.25) is 0 Å². The van der Waals surface area contributed by atoms with Gasteiger partial charge in [0.15, 0.2) is 0 Å². The molecule has 2 aromatic rings. The van der Waals surface area contributed by atoms with E-state index in [1.165, 1.54) is 0 Å². The van der Waals surface area contributed by atoms with Crippen LogP contribution in [0.1, 0.15) is 41.8 Å². The van der Waals surface area contributed by atoms with Crippen LogP contribution in [0.4, 0.5) is 0 Å². The molecule has 4 heteroatoms. The maximum atomic E-state index is 12.4. The highest BCUT2D eigenvalue weighted by Crippen LogP contribution is 2.21. The number of ether oxygens (including phenoxy) is 2. The van der Waals surface area contributed by atoms with Gasteiger partial charge < -0.3 is 14.8 Å². The molecule has 2 rings (SSSR count).